The molecule has 1 aliphatic heterocycles. The van der Waals surface area contributed by atoms with E-state index in [9.17, 15) is 4.79 Å². The Morgan fingerprint density at radius 3 is 2.69 bits per heavy atom. The van der Waals surface area contributed by atoms with Crippen LogP contribution in [-0.2, 0) is 14.4 Å². The Bertz CT molecular complexity index is 193. The van der Waals surface area contributed by atoms with Crippen molar-refractivity contribution >= 4 is 5.91 Å². The number of rotatable bonds is 4. The fraction of sp³-hybridized carbons (Fsp3) is 0.889. The summed E-state index contributed by atoms with van der Waals surface area (Å²) in [5.41, 5.74) is 0. The van der Waals surface area contributed by atoms with Crippen molar-refractivity contribution in [2.75, 3.05) is 14.2 Å². The molecule has 1 heterocycles. The van der Waals surface area contributed by atoms with Crippen LogP contribution in [0.3, 0.4) is 0 Å². The molecule has 0 saturated carbocycles. The average molecular weight is 187 g/mol. The minimum Gasteiger partial charge on any atom is -0.359 e. The van der Waals surface area contributed by atoms with Gasteiger partial charge in [0.1, 0.15) is 0 Å². The predicted molar refractivity (Wildman–Crippen MR) is 47.9 cm³/mol. The fourth-order valence-corrected chi connectivity index (χ4v) is 1.27. The normalized spacial score (nSPS) is 26.2. The van der Waals surface area contributed by atoms with E-state index in [1.807, 2.05) is 0 Å². The van der Waals surface area contributed by atoms with Crippen molar-refractivity contribution in [2.24, 2.45) is 5.92 Å². The summed E-state index contributed by atoms with van der Waals surface area (Å²) in [6.45, 7) is 4.23. The first-order valence-corrected chi connectivity index (χ1v) is 4.53. The predicted octanol–water partition coefficient (Wildman–Crippen LogP) is 0.820. The van der Waals surface area contributed by atoms with Crippen molar-refractivity contribution in [1.29, 1.82) is 0 Å². The molecule has 0 aliphatic carbocycles. The number of hydroxylamine groups is 2. The van der Waals surface area contributed by atoms with Gasteiger partial charge in [0, 0.05) is 7.05 Å². The van der Waals surface area contributed by atoms with Crippen LogP contribution in [-0.4, -0.2) is 37.3 Å². The fourth-order valence-electron chi connectivity index (χ4n) is 1.27. The van der Waals surface area contributed by atoms with E-state index < -0.39 is 0 Å². The molecule has 1 amide bonds. The quantitative estimate of drug-likeness (QED) is 0.483. The van der Waals surface area contributed by atoms with Gasteiger partial charge in [-0.3, -0.25) is 9.63 Å². The molecule has 0 aromatic carbocycles. The molecule has 1 aliphatic rings. The third kappa shape index (κ3) is 2.67. The summed E-state index contributed by atoms with van der Waals surface area (Å²) < 4.78 is 5.24. The highest BCUT2D eigenvalue weighted by Gasteiger charge is 2.46. The lowest BCUT2D eigenvalue weighted by Gasteiger charge is -2.11. The number of carbonyl (C=O) groups is 1. The van der Waals surface area contributed by atoms with E-state index in [2.05, 4.69) is 13.8 Å². The van der Waals surface area contributed by atoms with Crippen LogP contribution in [0.2, 0.25) is 0 Å². The summed E-state index contributed by atoms with van der Waals surface area (Å²) in [5.74, 6) is 0.476. The smallest absolute Gasteiger partial charge is 0.277 e. The van der Waals surface area contributed by atoms with E-state index in [1.165, 1.54) is 12.2 Å². The average Bonchev–Trinajstić information content (AvgIpc) is 2.80. The number of hydrogen-bond acceptors (Lipinski definition) is 3. The Kier molecular flexibility index (Phi) is 3.27. The van der Waals surface area contributed by atoms with Gasteiger partial charge in [-0.05, 0) is 12.3 Å². The van der Waals surface area contributed by atoms with E-state index in [0.717, 1.165) is 6.42 Å². The van der Waals surface area contributed by atoms with Crippen LogP contribution in [0.1, 0.15) is 20.3 Å². The maximum absolute atomic E-state index is 11.4. The van der Waals surface area contributed by atoms with E-state index in [4.69, 9.17) is 9.57 Å². The second-order valence-electron chi connectivity index (χ2n) is 3.74. The number of carbonyl (C=O) groups excluding carboxylic acids is 1. The van der Waals surface area contributed by atoms with Gasteiger partial charge in [-0.1, -0.05) is 13.8 Å². The van der Waals surface area contributed by atoms with Gasteiger partial charge in [0.25, 0.3) is 5.91 Å². The SMILES string of the molecule is CON(C)C(=O)[C@@H]1O[C@@H]1CC(C)C. The van der Waals surface area contributed by atoms with Crippen molar-refractivity contribution in [2.45, 2.75) is 32.5 Å². The number of amides is 1. The molecular weight excluding hydrogens is 170 g/mol. The zero-order valence-electron chi connectivity index (χ0n) is 8.61. The molecule has 0 radical (unpaired) electrons. The van der Waals surface area contributed by atoms with E-state index in [-0.39, 0.29) is 18.1 Å². The van der Waals surface area contributed by atoms with E-state index in [1.54, 1.807) is 7.05 Å². The second-order valence-corrected chi connectivity index (χ2v) is 3.74. The number of likely N-dealkylation sites (N-methyl/N-ethyl adjacent to an activating group) is 1. The summed E-state index contributed by atoms with van der Waals surface area (Å²) in [7, 11) is 3.06. The van der Waals surface area contributed by atoms with Gasteiger partial charge >= 0.3 is 0 Å². The lowest BCUT2D eigenvalue weighted by Crippen LogP contribution is -2.30. The van der Waals surface area contributed by atoms with Gasteiger partial charge < -0.3 is 4.74 Å². The molecule has 4 nitrogen and oxygen atoms in total. The molecule has 0 aromatic heterocycles. The second kappa shape index (κ2) is 4.07. The lowest BCUT2D eigenvalue weighted by molar-refractivity contribution is -0.169. The first-order valence-electron chi connectivity index (χ1n) is 4.53. The highest BCUT2D eigenvalue weighted by molar-refractivity contribution is 5.82. The minimum absolute atomic E-state index is 0.0897. The van der Waals surface area contributed by atoms with E-state index >= 15 is 0 Å². The molecule has 0 spiro atoms. The molecule has 0 unspecified atom stereocenters. The topological polar surface area (TPSA) is 42.1 Å². The molecule has 1 fully saturated rings. The van der Waals surface area contributed by atoms with Crippen molar-refractivity contribution < 1.29 is 14.4 Å². The van der Waals surface area contributed by atoms with Crippen LogP contribution >= 0.6 is 0 Å². The monoisotopic (exact) mass is 187 g/mol. The van der Waals surface area contributed by atoms with Crippen molar-refractivity contribution in [3.63, 3.8) is 0 Å². The summed E-state index contributed by atoms with van der Waals surface area (Å²) in [5, 5.41) is 1.21. The maximum Gasteiger partial charge on any atom is 0.277 e. The number of hydrogen-bond donors (Lipinski definition) is 0. The Morgan fingerprint density at radius 1 is 1.62 bits per heavy atom. The van der Waals surface area contributed by atoms with Crippen LogP contribution in [0.15, 0.2) is 0 Å². The molecule has 13 heavy (non-hydrogen) atoms. The van der Waals surface area contributed by atoms with Crippen LogP contribution < -0.4 is 0 Å². The van der Waals surface area contributed by atoms with Crippen LogP contribution in [0.4, 0.5) is 0 Å². The van der Waals surface area contributed by atoms with Crippen LogP contribution in [0.25, 0.3) is 0 Å². The van der Waals surface area contributed by atoms with Gasteiger partial charge in [-0.15, -0.1) is 0 Å². The Labute approximate surface area is 78.8 Å². The molecule has 0 bridgehead atoms. The first-order chi connectivity index (χ1) is 6.06. The third-order valence-corrected chi connectivity index (χ3v) is 2.11. The highest BCUT2D eigenvalue weighted by Crippen LogP contribution is 2.29. The standard InChI is InChI=1S/C9H17NO3/c1-6(2)5-7-8(13-7)9(11)10(3)12-4/h6-8H,5H2,1-4H3/t7-,8-/m1/s1. The molecule has 1 rings (SSSR count). The van der Waals surface area contributed by atoms with Crippen molar-refractivity contribution in [1.82, 2.24) is 5.06 Å². The number of nitrogens with zero attached hydrogens (tertiary/aromatic N) is 1. The summed E-state index contributed by atoms with van der Waals surface area (Å²) in [4.78, 5) is 16.2. The molecule has 0 N–H and O–H groups in total. The maximum atomic E-state index is 11.4. The largest absolute Gasteiger partial charge is 0.359 e. The Morgan fingerprint density at radius 2 is 2.23 bits per heavy atom. The van der Waals surface area contributed by atoms with E-state index in [0.29, 0.717) is 5.92 Å². The molecule has 76 valence electrons. The third-order valence-electron chi connectivity index (χ3n) is 2.11. The Hall–Kier alpha value is -0.610. The lowest BCUT2D eigenvalue weighted by atomic mass is 10.1. The molecule has 2 atom stereocenters. The summed E-state index contributed by atoms with van der Waals surface area (Å²) in [6.07, 6.45) is 0.769. The Balaban J connectivity index is 2.29. The van der Waals surface area contributed by atoms with Gasteiger partial charge in [0.15, 0.2) is 6.10 Å². The van der Waals surface area contributed by atoms with Crippen molar-refractivity contribution in [3.8, 4) is 0 Å². The van der Waals surface area contributed by atoms with Crippen LogP contribution in [0, 0.1) is 5.92 Å². The molecule has 4 heteroatoms. The zero-order chi connectivity index (χ0) is 10.0. The first kappa shape index (κ1) is 10.5. The molecule has 1 saturated heterocycles. The van der Waals surface area contributed by atoms with Gasteiger partial charge in [-0.25, -0.2) is 5.06 Å². The van der Waals surface area contributed by atoms with Gasteiger partial charge in [0.2, 0.25) is 0 Å². The zero-order valence-corrected chi connectivity index (χ0v) is 8.61. The molecular formula is C9H17NO3. The summed E-state index contributed by atoms with van der Waals surface area (Å²) in [6, 6.07) is 0. The molecule has 0 aromatic rings. The number of ether oxygens (including phenoxy) is 1. The summed E-state index contributed by atoms with van der Waals surface area (Å²) >= 11 is 0. The van der Waals surface area contributed by atoms with Crippen molar-refractivity contribution in [3.05, 3.63) is 0 Å². The van der Waals surface area contributed by atoms with Gasteiger partial charge in [0.05, 0.1) is 13.2 Å². The number of epoxide rings is 1. The minimum atomic E-state index is -0.271. The van der Waals surface area contributed by atoms with Crippen LogP contribution in [0.5, 0.6) is 0 Å². The highest BCUT2D eigenvalue weighted by atomic mass is 16.7. The van der Waals surface area contributed by atoms with Gasteiger partial charge in [-0.2, -0.15) is 0 Å².